The van der Waals surface area contributed by atoms with Crippen molar-refractivity contribution in [3.63, 3.8) is 0 Å². The standard InChI is InChI=1S/C15H16FN5O2S.ClH/c1-20-6-5-19-15(20)14-10-18-4-7-21(14)24(22,23)12-2-3-13(16)11(8-12)9-17;/h2-3,5-6,8,14,18H,4,7,10H2,1H3;1H. The van der Waals surface area contributed by atoms with E-state index in [1.807, 2.05) is 0 Å². The van der Waals surface area contributed by atoms with Crippen LogP contribution in [-0.2, 0) is 17.1 Å². The van der Waals surface area contributed by atoms with E-state index < -0.39 is 21.9 Å². The van der Waals surface area contributed by atoms with Crippen LogP contribution < -0.4 is 5.32 Å². The van der Waals surface area contributed by atoms with Gasteiger partial charge in [0.15, 0.2) is 0 Å². The average molecular weight is 386 g/mol. The van der Waals surface area contributed by atoms with E-state index in [-0.39, 0.29) is 29.4 Å². The van der Waals surface area contributed by atoms with Crippen molar-refractivity contribution in [2.45, 2.75) is 10.9 Å². The lowest BCUT2D eigenvalue weighted by Crippen LogP contribution is -2.49. The number of hydrogen-bond donors (Lipinski definition) is 1. The molecule has 1 saturated heterocycles. The minimum absolute atomic E-state index is 0. The lowest BCUT2D eigenvalue weighted by Gasteiger charge is -2.34. The van der Waals surface area contributed by atoms with Gasteiger partial charge in [-0.3, -0.25) is 0 Å². The van der Waals surface area contributed by atoms with Crippen molar-refractivity contribution < 1.29 is 12.8 Å². The number of nitrogens with zero attached hydrogens (tertiary/aromatic N) is 4. The Labute approximate surface area is 151 Å². The quantitative estimate of drug-likeness (QED) is 0.856. The molecule has 3 rings (SSSR count). The van der Waals surface area contributed by atoms with E-state index in [0.717, 1.165) is 12.1 Å². The summed E-state index contributed by atoms with van der Waals surface area (Å²) < 4.78 is 42.6. The van der Waals surface area contributed by atoms with E-state index in [1.54, 1.807) is 30.1 Å². The maximum absolute atomic E-state index is 13.5. The molecular weight excluding hydrogens is 369 g/mol. The fraction of sp³-hybridized carbons (Fsp3) is 0.333. The smallest absolute Gasteiger partial charge is 0.243 e. The van der Waals surface area contributed by atoms with E-state index in [2.05, 4.69) is 10.3 Å². The van der Waals surface area contributed by atoms with Gasteiger partial charge in [-0.2, -0.15) is 9.57 Å². The highest BCUT2D eigenvalue weighted by Crippen LogP contribution is 2.28. The molecule has 134 valence electrons. The van der Waals surface area contributed by atoms with Crippen LogP contribution in [-0.4, -0.2) is 41.9 Å². The van der Waals surface area contributed by atoms with Crippen molar-refractivity contribution in [2.24, 2.45) is 7.05 Å². The van der Waals surface area contributed by atoms with Crippen molar-refractivity contribution in [1.29, 1.82) is 5.26 Å². The molecule has 2 heterocycles. The molecular formula is C15H17ClFN5O2S. The van der Waals surface area contributed by atoms with Gasteiger partial charge in [-0.15, -0.1) is 12.4 Å². The molecule has 0 aliphatic carbocycles. The summed E-state index contributed by atoms with van der Waals surface area (Å²) in [5, 5.41) is 12.1. The van der Waals surface area contributed by atoms with E-state index in [9.17, 15) is 12.8 Å². The Hall–Kier alpha value is -1.99. The summed E-state index contributed by atoms with van der Waals surface area (Å²) in [6.07, 6.45) is 3.36. The maximum atomic E-state index is 13.5. The van der Waals surface area contributed by atoms with Gasteiger partial charge in [0.05, 0.1) is 16.5 Å². The summed E-state index contributed by atoms with van der Waals surface area (Å²) in [5.41, 5.74) is -0.292. The fourth-order valence-electron chi connectivity index (χ4n) is 2.78. The zero-order valence-electron chi connectivity index (χ0n) is 13.4. The Bertz CT molecular complexity index is 909. The monoisotopic (exact) mass is 385 g/mol. The first-order valence-corrected chi connectivity index (χ1v) is 8.78. The van der Waals surface area contributed by atoms with Gasteiger partial charge in [0.2, 0.25) is 10.0 Å². The molecule has 1 N–H and O–H groups in total. The Morgan fingerprint density at radius 3 is 2.84 bits per heavy atom. The minimum Gasteiger partial charge on any atom is -0.337 e. The summed E-state index contributed by atoms with van der Waals surface area (Å²) in [7, 11) is -2.08. The van der Waals surface area contributed by atoms with Crippen LogP contribution in [0.5, 0.6) is 0 Å². The number of aromatic nitrogens is 2. The van der Waals surface area contributed by atoms with Crippen LogP contribution in [0.25, 0.3) is 0 Å². The van der Waals surface area contributed by atoms with Crippen LogP contribution in [0, 0.1) is 17.1 Å². The second-order valence-electron chi connectivity index (χ2n) is 5.49. The van der Waals surface area contributed by atoms with Gasteiger partial charge in [0.25, 0.3) is 0 Å². The number of piperazine rings is 1. The summed E-state index contributed by atoms with van der Waals surface area (Å²) in [4.78, 5) is 4.15. The fourth-order valence-corrected chi connectivity index (χ4v) is 4.39. The van der Waals surface area contributed by atoms with Crippen molar-refractivity contribution in [3.05, 3.63) is 47.8 Å². The molecule has 1 aromatic carbocycles. The number of imidazole rings is 1. The van der Waals surface area contributed by atoms with Gasteiger partial charge < -0.3 is 9.88 Å². The molecule has 1 aliphatic rings. The average Bonchev–Trinajstić information content (AvgIpc) is 3.01. The molecule has 10 heteroatoms. The molecule has 1 aromatic heterocycles. The molecule has 0 amide bonds. The third-order valence-corrected chi connectivity index (χ3v) is 5.92. The maximum Gasteiger partial charge on any atom is 0.243 e. The number of benzene rings is 1. The molecule has 0 spiro atoms. The van der Waals surface area contributed by atoms with Crippen LogP contribution in [0.3, 0.4) is 0 Å². The van der Waals surface area contributed by atoms with Gasteiger partial charge in [-0.1, -0.05) is 0 Å². The van der Waals surface area contributed by atoms with Crippen molar-refractivity contribution in [1.82, 2.24) is 19.2 Å². The lowest BCUT2D eigenvalue weighted by molar-refractivity contribution is 0.258. The second kappa shape index (κ2) is 7.49. The van der Waals surface area contributed by atoms with E-state index in [0.29, 0.717) is 18.9 Å². The molecule has 7 nitrogen and oxygen atoms in total. The SMILES string of the molecule is Cl.Cn1ccnc1C1CNCCN1S(=O)(=O)c1ccc(F)c(C#N)c1. The van der Waals surface area contributed by atoms with Crippen molar-refractivity contribution in [2.75, 3.05) is 19.6 Å². The van der Waals surface area contributed by atoms with Crippen LogP contribution in [0.2, 0.25) is 0 Å². The number of nitrogens with one attached hydrogen (secondary N) is 1. The molecule has 1 aliphatic heterocycles. The summed E-state index contributed by atoms with van der Waals surface area (Å²) in [5.74, 6) is -0.120. The molecule has 2 aromatic rings. The lowest BCUT2D eigenvalue weighted by atomic mass is 10.2. The molecule has 0 radical (unpaired) electrons. The number of halogens is 2. The topological polar surface area (TPSA) is 91.0 Å². The third kappa shape index (κ3) is 3.52. The number of hydrogen-bond acceptors (Lipinski definition) is 5. The summed E-state index contributed by atoms with van der Waals surface area (Å²) in [6, 6.07) is 4.46. The summed E-state index contributed by atoms with van der Waals surface area (Å²) >= 11 is 0. The summed E-state index contributed by atoms with van der Waals surface area (Å²) in [6.45, 7) is 1.20. The van der Waals surface area contributed by atoms with E-state index in [4.69, 9.17) is 5.26 Å². The molecule has 1 fully saturated rings. The predicted octanol–water partition coefficient (Wildman–Crippen LogP) is 1.19. The highest BCUT2D eigenvalue weighted by molar-refractivity contribution is 7.89. The Balaban J connectivity index is 0.00000225. The van der Waals surface area contributed by atoms with Gasteiger partial charge >= 0.3 is 0 Å². The predicted molar refractivity (Wildman–Crippen MR) is 91.1 cm³/mol. The first kappa shape index (κ1) is 19.3. The zero-order chi connectivity index (χ0) is 17.3. The van der Waals surface area contributed by atoms with Crippen molar-refractivity contribution >= 4 is 22.4 Å². The van der Waals surface area contributed by atoms with Gasteiger partial charge in [0, 0.05) is 39.1 Å². The van der Waals surface area contributed by atoms with Crippen LogP contribution >= 0.6 is 12.4 Å². The Morgan fingerprint density at radius 1 is 1.44 bits per heavy atom. The second-order valence-corrected chi connectivity index (χ2v) is 7.38. The minimum atomic E-state index is -3.88. The Kier molecular flexibility index (Phi) is 5.80. The van der Waals surface area contributed by atoms with Gasteiger partial charge in [-0.05, 0) is 18.2 Å². The zero-order valence-corrected chi connectivity index (χ0v) is 15.0. The van der Waals surface area contributed by atoms with Gasteiger partial charge in [-0.25, -0.2) is 17.8 Å². The first-order valence-electron chi connectivity index (χ1n) is 7.34. The van der Waals surface area contributed by atoms with Crippen LogP contribution in [0.15, 0.2) is 35.5 Å². The number of rotatable bonds is 3. The van der Waals surface area contributed by atoms with Crippen LogP contribution in [0.1, 0.15) is 17.4 Å². The normalized spacial score (nSPS) is 18.4. The number of sulfonamides is 1. The van der Waals surface area contributed by atoms with Crippen molar-refractivity contribution in [3.8, 4) is 6.07 Å². The molecule has 0 bridgehead atoms. The largest absolute Gasteiger partial charge is 0.337 e. The third-order valence-electron chi connectivity index (χ3n) is 4.02. The highest BCUT2D eigenvalue weighted by Gasteiger charge is 2.36. The molecule has 25 heavy (non-hydrogen) atoms. The van der Waals surface area contributed by atoms with E-state index >= 15 is 0 Å². The van der Waals surface area contributed by atoms with Crippen LogP contribution in [0.4, 0.5) is 4.39 Å². The highest BCUT2D eigenvalue weighted by atomic mass is 35.5. The first-order chi connectivity index (χ1) is 11.4. The number of nitriles is 1. The Morgan fingerprint density at radius 2 is 2.20 bits per heavy atom. The molecule has 1 unspecified atom stereocenters. The molecule has 1 atom stereocenters. The molecule has 0 saturated carbocycles. The van der Waals surface area contributed by atoms with Gasteiger partial charge in [0.1, 0.15) is 17.7 Å². The van der Waals surface area contributed by atoms with E-state index in [1.165, 1.54) is 10.4 Å². The number of aryl methyl sites for hydroxylation is 1.